The quantitative estimate of drug-likeness (QED) is 0.271. The highest BCUT2D eigenvalue weighted by atomic mass is 127. The van der Waals surface area contributed by atoms with Crippen LogP contribution >= 0.6 is 24.0 Å². The fraction of sp³-hybridized carbons (Fsp3) is 0.609. The van der Waals surface area contributed by atoms with Gasteiger partial charge < -0.3 is 19.9 Å². The van der Waals surface area contributed by atoms with E-state index in [2.05, 4.69) is 66.7 Å². The van der Waals surface area contributed by atoms with Gasteiger partial charge in [-0.2, -0.15) is 4.98 Å². The number of aromatic nitrogens is 2. The Bertz CT molecular complexity index is 831. The van der Waals surface area contributed by atoms with E-state index in [1.807, 2.05) is 0 Å². The van der Waals surface area contributed by atoms with Crippen molar-refractivity contribution in [1.82, 2.24) is 20.8 Å². The molecule has 1 saturated carbocycles. The van der Waals surface area contributed by atoms with Crippen LogP contribution in [0.4, 0.5) is 0 Å². The first-order chi connectivity index (χ1) is 14.5. The van der Waals surface area contributed by atoms with Crippen LogP contribution in [0.2, 0.25) is 0 Å². The van der Waals surface area contributed by atoms with Crippen LogP contribution < -0.4 is 15.4 Å². The van der Waals surface area contributed by atoms with Crippen molar-refractivity contribution >= 4 is 29.9 Å². The summed E-state index contributed by atoms with van der Waals surface area (Å²) in [5, 5.41) is 10.7. The second-order valence-corrected chi connectivity index (χ2v) is 8.21. The average molecular weight is 541 g/mol. The Labute approximate surface area is 202 Å². The fourth-order valence-corrected chi connectivity index (χ4v) is 3.49. The summed E-state index contributed by atoms with van der Waals surface area (Å²) in [5.74, 6) is 3.40. The zero-order valence-electron chi connectivity index (χ0n) is 19.1. The van der Waals surface area contributed by atoms with Crippen LogP contribution in [-0.2, 0) is 13.0 Å². The summed E-state index contributed by atoms with van der Waals surface area (Å²) in [6.07, 6.45) is 5.81. The van der Waals surface area contributed by atoms with Crippen molar-refractivity contribution in [2.45, 2.75) is 78.4 Å². The van der Waals surface area contributed by atoms with Crippen molar-refractivity contribution in [2.24, 2.45) is 4.99 Å². The van der Waals surface area contributed by atoms with Gasteiger partial charge in [0, 0.05) is 31.0 Å². The zero-order chi connectivity index (χ0) is 21.3. The lowest BCUT2D eigenvalue weighted by Gasteiger charge is -2.17. The van der Waals surface area contributed by atoms with E-state index < -0.39 is 0 Å². The van der Waals surface area contributed by atoms with Crippen molar-refractivity contribution < 1.29 is 9.26 Å². The molecular formula is C23H36IN5O2. The second kappa shape index (κ2) is 12.9. The lowest BCUT2D eigenvalue weighted by molar-refractivity contribution is 0.208. The molecule has 1 fully saturated rings. The normalized spacial score (nSPS) is 14.5. The van der Waals surface area contributed by atoms with Gasteiger partial charge in [-0.1, -0.05) is 31.1 Å². The number of halogens is 1. The molecule has 0 atom stereocenters. The number of nitrogens with one attached hydrogen (secondary N) is 2. The maximum absolute atomic E-state index is 6.30. The third kappa shape index (κ3) is 7.97. The van der Waals surface area contributed by atoms with Gasteiger partial charge in [-0.3, -0.25) is 0 Å². The largest absolute Gasteiger partial charge is 0.490 e. The minimum Gasteiger partial charge on any atom is -0.490 e. The van der Waals surface area contributed by atoms with Crippen LogP contribution in [0.3, 0.4) is 0 Å². The summed E-state index contributed by atoms with van der Waals surface area (Å²) >= 11 is 0. The molecule has 0 aliphatic heterocycles. The molecule has 1 aromatic heterocycles. The Kier molecular flexibility index (Phi) is 10.6. The van der Waals surface area contributed by atoms with Gasteiger partial charge in [-0.15, -0.1) is 24.0 Å². The monoisotopic (exact) mass is 541 g/mol. The maximum atomic E-state index is 6.30. The fourth-order valence-electron chi connectivity index (χ4n) is 3.49. The van der Waals surface area contributed by atoms with E-state index in [-0.39, 0.29) is 29.9 Å². The molecule has 1 aliphatic rings. The van der Waals surface area contributed by atoms with Crippen LogP contribution in [0.1, 0.15) is 75.2 Å². The number of hydrogen-bond donors (Lipinski definition) is 2. The molecular weight excluding hydrogens is 505 g/mol. The van der Waals surface area contributed by atoms with E-state index in [0.29, 0.717) is 31.5 Å². The smallest absolute Gasteiger partial charge is 0.228 e. The Morgan fingerprint density at radius 2 is 2.03 bits per heavy atom. The van der Waals surface area contributed by atoms with Gasteiger partial charge in [0.2, 0.25) is 5.89 Å². The first-order valence-electron chi connectivity index (χ1n) is 11.2. The van der Waals surface area contributed by atoms with E-state index in [1.165, 1.54) is 18.4 Å². The van der Waals surface area contributed by atoms with Gasteiger partial charge in [0.25, 0.3) is 0 Å². The molecule has 7 nitrogen and oxygen atoms in total. The molecule has 2 N–H and O–H groups in total. The molecule has 0 radical (unpaired) electrons. The average Bonchev–Trinajstić information content (AvgIpc) is 3.39. The van der Waals surface area contributed by atoms with Gasteiger partial charge in [0.1, 0.15) is 5.75 Å². The van der Waals surface area contributed by atoms with E-state index in [9.17, 15) is 0 Å². The van der Waals surface area contributed by atoms with E-state index in [1.54, 1.807) is 0 Å². The Morgan fingerprint density at radius 1 is 1.26 bits per heavy atom. The van der Waals surface area contributed by atoms with Crippen molar-refractivity contribution in [3.8, 4) is 5.75 Å². The Morgan fingerprint density at radius 3 is 2.71 bits per heavy atom. The summed E-state index contributed by atoms with van der Waals surface area (Å²) in [5.41, 5.74) is 2.32. The number of aryl methyl sites for hydroxylation is 1. The maximum Gasteiger partial charge on any atom is 0.228 e. The number of aliphatic imine (C=N–C) groups is 1. The van der Waals surface area contributed by atoms with Crippen LogP contribution in [0, 0.1) is 6.92 Å². The van der Waals surface area contributed by atoms with Crippen molar-refractivity contribution in [2.75, 3.05) is 13.1 Å². The van der Waals surface area contributed by atoms with Gasteiger partial charge in [0.05, 0.1) is 12.6 Å². The minimum absolute atomic E-state index is 0. The molecule has 1 heterocycles. The summed E-state index contributed by atoms with van der Waals surface area (Å²) in [6.45, 7) is 10.3. The highest BCUT2D eigenvalue weighted by Crippen LogP contribution is 2.28. The first-order valence-corrected chi connectivity index (χ1v) is 11.2. The first kappa shape index (κ1) is 25.4. The van der Waals surface area contributed by atoms with Gasteiger partial charge >= 0.3 is 0 Å². The predicted octanol–water partition coefficient (Wildman–Crippen LogP) is 4.74. The molecule has 0 amide bonds. The van der Waals surface area contributed by atoms with Crippen LogP contribution in [0.15, 0.2) is 27.7 Å². The number of nitrogens with zero attached hydrogens (tertiary/aromatic N) is 3. The zero-order valence-corrected chi connectivity index (χ0v) is 21.4. The highest BCUT2D eigenvalue weighted by Gasteiger charge is 2.18. The molecule has 0 saturated heterocycles. The van der Waals surface area contributed by atoms with E-state index in [0.717, 1.165) is 42.5 Å². The predicted molar refractivity (Wildman–Crippen MR) is 134 cm³/mol. The topological polar surface area (TPSA) is 84.6 Å². The Balaban J connectivity index is 0.00000341. The molecule has 1 aliphatic carbocycles. The van der Waals surface area contributed by atoms with Crippen LogP contribution in [-0.4, -0.2) is 35.3 Å². The number of benzene rings is 1. The second-order valence-electron chi connectivity index (χ2n) is 8.21. The standard InChI is InChI=1S/C23H35N5O2.HI/c1-5-24-23(25-13-12-21-27-22(16(2)3)28-30-21)26-15-18-11-10-17(4)14-20(18)29-19-8-6-7-9-19;/h10-11,14,16,19H,5-9,12-13,15H2,1-4H3,(H2,24,25,26);1H. The van der Waals surface area contributed by atoms with Crippen LogP contribution in [0.5, 0.6) is 5.75 Å². The lowest BCUT2D eigenvalue weighted by Crippen LogP contribution is -2.38. The summed E-state index contributed by atoms with van der Waals surface area (Å²) in [4.78, 5) is 9.18. The SMILES string of the molecule is CCNC(=NCc1ccc(C)cc1OC1CCCC1)NCCc1nc(C(C)C)no1.I. The molecule has 8 heteroatoms. The summed E-state index contributed by atoms with van der Waals surface area (Å²) in [6, 6.07) is 6.37. The number of guanidine groups is 1. The molecule has 0 spiro atoms. The third-order valence-electron chi connectivity index (χ3n) is 5.20. The lowest BCUT2D eigenvalue weighted by atomic mass is 10.1. The summed E-state index contributed by atoms with van der Waals surface area (Å²) < 4.78 is 11.6. The number of rotatable bonds is 9. The molecule has 31 heavy (non-hydrogen) atoms. The van der Waals surface area contributed by atoms with Gasteiger partial charge in [-0.05, 0) is 51.2 Å². The molecule has 2 aromatic rings. The third-order valence-corrected chi connectivity index (χ3v) is 5.20. The Hall–Kier alpha value is -1.84. The number of ether oxygens (including phenoxy) is 1. The highest BCUT2D eigenvalue weighted by molar-refractivity contribution is 14.0. The molecule has 3 rings (SSSR count). The summed E-state index contributed by atoms with van der Waals surface area (Å²) in [7, 11) is 0. The van der Waals surface area contributed by atoms with Crippen molar-refractivity contribution in [3.63, 3.8) is 0 Å². The molecule has 0 unspecified atom stereocenters. The minimum atomic E-state index is 0. The van der Waals surface area contributed by atoms with Gasteiger partial charge in [-0.25, -0.2) is 4.99 Å². The van der Waals surface area contributed by atoms with E-state index in [4.69, 9.17) is 14.3 Å². The number of hydrogen-bond acceptors (Lipinski definition) is 5. The molecule has 0 bridgehead atoms. The van der Waals surface area contributed by atoms with Gasteiger partial charge in [0.15, 0.2) is 11.8 Å². The van der Waals surface area contributed by atoms with Crippen molar-refractivity contribution in [1.29, 1.82) is 0 Å². The molecule has 1 aromatic carbocycles. The van der Waals surface area contributed by atoms with Crippen molar-refractivity contribution in [3.05, 3.63) is 41.0 Å². The molecule has 172 valence electrons. The van der Waals surface area contributed by atoms with E-state index >= 15 is 0 Å². The van der Waals surface area contributed by atoms with Crippen LogP contribution in [0.25, 0.3) is 0 Å².